The lowest BCUT2D eigenvalue weighted by molar-refractivity contribution is -0.384. The highest BCUT2D eigenvalue weighted by Gasteiger charge is 2.15. The third-order valence-corrected chi connectivity index (χ3v) is 2.93. The molecule has 0 aliphatic carbocycles. The van der Waals surface area contributed by atoms with Gasteiger partial charge >= 0.3 is 0 Å². The molecule has 2 aromatic rings. The first-order valence-electron chi connectivity index (χ1n) is 4.96. The number of rotatable bonds is 3. The zero-order chi connectivity index (χ0) is 13.1. The lowest BCUT2D eigenvalue weighted by Gasteiger charge is -2.07. The van der Waals surface area contributed by atoms with Crippen molar-refractivity contribution in [2.75, 3.05) is 5.43 Å². The number of non-ortho nitro benzene ring substituents is 1. The number of hydrogen-bond acceptors (Lipinski definition) is 3. The van der Waals surface area contributed by atoms with Crippen LogP contribution >= 0.6 is 15.9 Å². The molecule has 0 saturated heterocycles. The van der Waals surface area contributed by atoms with Gasteiger partial charge in [-0.15, -0.1) is 0 Å². The van der Waals surface area contributed by atoms with E-state index in [1.165, 1.54) is 22.9 Å². The highest BCUT2D eigenvalue weighted by molar-refractivity contribution is 9.10. The molecule has 1 aromatic carbocycles. The lowest BCUT2D eigenvalue weighted by Crippen LogP contribution is -2.21. The van der Waals surface area contributed by atoms with Gasteiger partial charge in [0, 0.05) is 29.0 Å². The Bertz CT molecular complexity index is 596. The van der Waals surface area contributed by atoms with Crippen LogP contribution in [-0.2, 0) is 0 Å². The Balaban J connectivity index is 2.29. The highest BCUT2D eigenvalue weighted by atomic mass is 79.9. The van der Waals surface area contributed by atoms with Crippen molar-refractivity contribution < 1.29 is 9.72 Å². The number of amides is 1. The Morgan fingerprint density at radius 3 is 2.61 bits per heavy atom. The van der Waals surface area contributed by atoms with Gasteiger partial charge < -0.3 is 0 Å². The van der Waals surface area contributed by atoms with E-state index in [0.29, 0.717) is 4.47 Å². The first kappa shape index (κ1) is 12.3. The zero-order valence-electron chi connectivity index (χ0n) is 9.04. The lowest BCUT2D eigenvalue weighted by atomic mass is 10.2. The first-order chi connectivity index (χ1) is 8.58. The van der Waals surface area contributed by atoms with Crippen molar-refractivity contribution in [2.45, 2.75) is 0 Å². The Hall–Kier alpha value is -2.15. The smallest absolute Gasteiger partial charge is 0.268 e. The summed E-state index contributed by atoms with van der Waals surface area (Å²) in [5, 5.41) is 10.7. The van der Waals surface area contributed by atoms with Gasteiger partial charge in [0.25, 0.3) is 11.6 Å². The number of carbonyl (C=O) groups excluding carboxylic acids is 1. The average Bonchev–Trinajstić information content (AvgIpc) is 2.81. The monoisotopic (exact) mass is 309 g/mol. The topological polar surface area (TPSA) is 77.2 Å². The van der Waals surface area contributed by atoms with Crippen molar-refractivity contribution in [1.29, 1.82) is 0 Å². The summed E-state index contributed by atoms with van der Waals surface area (Å²) in [6.07, 6.45) is 3.31. The summed E-state index contributed by atoms with van der Waals surface area (Å²) < 4.78 is 1.96. The second kappa shape index (κ2) is 5.01. The van der Waals surface area contributed by atoms with E-state index < -0.39 is 10.8 Å². The number of carbonyl (C=O) groups is 1. The predicted octanol–water partition coefficient (Wildman–Crippen LogP) is 2.54. The predicted molar refractivity (Wildman–Crippen MR) is 68.9 cm³/mol. The first-order valence-corrected chi connectivity index (χ1v) is 5.75. The summed E-state index contributed by atoms with van der Waals surface area (Å²) >= 11 is 3.19. The van der Waals surface area contributed by atoms with E-state index in [0.717, 1.165) is 0 Å². The van der Waals surface area contributed by atoms with Gasteiger partial charge in [-0.25, -0.2) is 0 Å². The summed E-state index contributed by atoms with van der Waals surface area (Å²) in [6.45, 7) is 0. The maximum absolute atomic E-state index is 11.9. The molecule has 0 saturated carbocycles. The average molecular weight is 310 g/mol. The molecule has 0 fully saturated rings. The number of halogens is 1. The van der Waals surface area contributed by atoms with Gasteiger partial charge in [-0.2, -0.15) is 0 Å². The van der Waals surface area contributed by atoms with Crippen molar-refractivity contribution in [3.8, 4) is 0 Å². The molecule has 92 valence electrons. The number of nitro benzene ring substituents is 1. The molecular formula is C11H8BrN3O3. The molecule has 6 nitrogen and oxygen atoms in total. The van der Waals surface area contributed by atoms with Gasteiger partial charge in [0.2, 0.25) is 0 Å². The van der Waals surface area contributed by atoms with E-state index in [9.17, 15) is 14.9 Å². The van der Waals surface area contributed by atoms with Crippen molar-refractivity contribution >= 4 is 27.5 Å². The normalized spacial score (nSPS) is 10.1. The van der Waals surface area contributed by atoms with Gasteiger partial charge in [-0.05, 0) is 34.1 Å². The van der Waals surface area contributed by atoms with Crippen LogP contribution in [0.15, 0.2) is 47.2 Å². The molecule has 1 N–H and O–H groups in total. The van der Waals surface area contributed by atoms with E-state index in [-0.39, 0.29) is 11.3 Å². The standard InChI is InChI=1S/C11H8BrN3O3/c12-10-4-3-8(15(17)18)7-9(10)11(16)13-14-5-1-2-6-14/h1-7H,(H,13,16). The molecule has 0 aliphatic heterocycles. The molecule has 0 spiro atoms. The van der Waals surface area contributed by atoms with Crippen LogP contribution in [0.1, 0.15) is 10.4 Å². The number of hydrogen-bond donors (Lipinski definition) is 1. The zero-order valence-corrected chi connectivity index (χ0v) is 10.6. The van der Waals surface area contributed by atoms with E-state index in [2.05, 4.69) is 21.4 Å². The third-order valence-electron chi connectivity index (χ3n) is 2.24. The van der Waals surface area contributed by atoms with Crippen LogP contribution in [0.2, 0.25) is 0 Å². The number of nitro groups is 1. The Morgan fingerprint density at radius 2 is 2.00 bits per heavy atom. The fourth-order valence-electron chi connectivity index (χ4n) is 1.39. The van der Waals surface area contributed by atoms with Gasteiger partial charge in [0.15, 0.2) is 0 Å². The van der Waals surface area contributed by atoms with Crippen LogP contribution in [-0.4, -0.2) is 15.5 Å². The van der Waals surface area contributed by atoms with Crippen molar-refractivity contribution in [1.82, 2.24) is 4.68 Å². The minimum Gasteiger partial charge on any atom is -0.268 e. The number of aromatic nitrogens is 1. The molecule has 2 rings (SSSR count). The van der Waals surface area contributed by atoms with Crippen molar-refractivity contribution in [3.05, 3.63) is 62.9 Å². The second-order valence-corrected chi connectivity index (χ2v) is 4.31. The largest absolute Gasteiger partial charge is 0.271 e. The van der Waals surface area contributed by atoms with Crippen molar-refractivity contribution in [2.24, 2.45) is 0 Å². The van der Waals surface area contributed by atoms with Gasteiger partial charge in [0.05, 0.1) is 10.5 Å². The van der Waals surface area contributed by atoms with Crippen LogP contribution in [0.4, 0.5) is 5.69 Å². The molecule has 1 aromatic heterocycles. The summed E-state index contributed by atoms with van der Waals surface area (Å²) in [4.78, 5) is 22.0. The van der Waals surface area contributed by atoms with E-state index in [1.807, 2.05) is 0 Å². The minimum atomic E-state index is -0.543. The van der Waals surface area contributed by atoms with Crippen LogP contribution in [0, 0.1) is 10.1 Å². The molecule has 0 atom stereocenters. The van der Waals surface area contributed by atoms with E-state index >= 15 is 0 Å². The van der Waals surface area contributed by atoms with E-state index in [1.54, 1.807) is 24.5 Å². The number of nitrogens with one attached hydrogen (secondary N) is 1. The Labute approximate surface area is 110 Å². The summed E-state index contributed by atoms with van der Waals surface area (Å²) in [6, 6.07) is 7.54. The minimum absolute atomic E-state index is 0.129. The third kappa shape index (κ3) is 2.57. The maximum atomic E-state index is 11.9. The number of nitrogens with zero attached hydrogens (tertiary/aromatic N) is 2. The summed E-state index contributed by atoms with van der Waals surface area (Å²) in [5.41, 5.74) is 2.65. The van der Waals surface area contributed by atoms with Gasteiger partial charge in [-0.3, -0.25) is 25.0 Å². The number of benzene rings is 1. The van der Waals surface area contributed by atoms with Crippen LogP contribution < -0.4 is 5.43 Å². The highest BCUT2D eigenvalue weighted by Crippen LogP contribution is 2.22. The fraction of sp³-hybridized carbons (Fsp3) is 0. The molecule has 0 radical (unpaired) electrons. The Morgan fingerprint density at radius 1 is 1.33 bits per heavy atom. The van der Waals surface area contributed by atoms with Gasteiger partial charge in [0.1, 0.15) is 0 Å². The molecule has 7 heteroatoms. The quantitative estimate of drug-likeness (QED) is 0.699. The van der Waals surface area contributed by atoms with Crippen LogP contribution in [0.5, 0.6) is 0 Å². The van der Waals surface area contributed by atoms with Crippen molar-refractivity contribution in [3.63, 3.8) is 0 Å². The molecular weight excluding hydrogens is 302 g/mol. The molecule has 0 aliphatic rings. The molecule has 0 bridgehead atoms. The summed E-state index contributed by atoms with van der Waals surface area (Å²) in [5.74, 6) is -0.429. The second-order valence-electron chi connectivity index (χ2n) is 3.45. The van der Waals surface area contributed by atoms with Crippen LogP contribution in [0.25, 0.3) is 0 Å². The summed E-state index contributed by atoms with van der Waals surface area (Å²) in [7, 11) is 0. The molecule has 1 amide bonds. The Kier molecular flexibility index (Phi) is 3.42. The maximum Gasteiger partial charge on any atom is 0.271 e. The molecule has 0 unspecified atom stereocenters. The van der Waals surface area contributed by atoms with Crippen LogP contribution in [0.3, 0.4) is 0 Å². The van der Waals surface area contributed by atoms with Gasteiger partial charge in [-0.1, -0.05) is 0 Å². The van der Waals surface area contributed by atoms with E-state index in [4.69, 9.17) is 0 Å². The molecule has 18 heavy (non-hydrogen) atoms. The SMILES string of the molecule is O=C(Nn1cccc1)c1cc([N+](=O)[O-])ccc1Br. The molecule has 1 heterocycles. The fourth-order valence-corrected chi connectivity index (χ4v) is 1.81.